The van der Waals surface area contributed by atoms with E-state index in [1.54, 1.807) is 25.4 Å². The fourth-order valence-electron chi connectivity index (χ4n) is 2.21. The number of nitrogens with one attached hydrogen (secondary N) is 1. The zero-order valence-corrected chi connectivity index (χ0v) is 11.0. The van der Waals surface area contributed by atoms with Crippen LogP contribution in [0, 0.1) is 12.7 Å². The van der Waals surface area contributed by atoms with Crippen molar-refractivity contribution in [1.82, 2.24) is 4.98 Å². The van der Waals surface area contributed by atoms with Crippen LogP contribution in [-0.4, -0.2) is 4.98 Å². The Kier molecular flexibility index (Phi) is 2.99. The van der Waals surface area contributed by atoms with E-state index in [2.05, 4.69) is 10.3 Å². The van der Waals surface area contributed by atoms with E-state index in [0.29, 0.717) is 11.3 Å². The van der Waals surface area contributed by atoms with E-state index in [4.69, 9.17) is 5.73 Å². The van der Waals surface area contributed by atoms with Gasteiger partial charge in [0.2, 0.25) is 0 Å². The van der Waals surface area contributed by atoms with Gasteiger partial charge in [0, 0.05) is 45.8 Å². The maximum absolute atomic E-state index is 13.6. The molecule has 100 valence electrons. The predicted octanol–water partition coefficient (Wildman–Crippen LogP) is 4.01. The molecule has 0 radical (unpaired) electrons. The summed E-state index contributed by atoms with van der Waals surface area (Å²) < 4.78 is 13.6. The fourth-order valence-corrected chi connectivity index (χ4v) is 2.21. The van der Waals surface area contributed by atoms with E-state index in [-0.39, 0.29) is 5.82 Å². The first kappa shape index (κ1) is 12.4. The van der Waals surface area contributed by atoms with Gasteiger partial charge in [-0.05, 0) is 37.3 Å². The highest BCUT2D eigenvalue weighted by molar-refractivity contribution is 6.01. The van der Waals surface area contributed by atoms with Crippen molar-refractivity contribution < 1.29 is 4.39 Å². The second kappa shape index (κ2) is 4.81. The average molecular weight is 267 g/mol. The van der Waals surface area contributed by atoms with Gasteiger partial charge in [0.25, 0.3) is 0 Å². The van der Waals surface area contributed by atoms with Gasteiger partial charge in [-0.15, -0.1) is 0 Å². The highest BCUT2D eigenvalue weighted by Gasteiger charge is 2.07. The van der Waals surface area contributed by atoms with Crippen molar-refractivity contribution in [1.29, 1.82) is 0 Å². The molecule has 0 fully saturated rings. The van der Waals surface area contributed by atoms with Crippen LogP contribution in [0.5, 0.6) is 0 Å². The second-order valence-electron chi connectivity index (χ2n) is 4.66. The van der Waals surface area contributed by atoms with Gasteiger partial charge in [0.05, 0.1) is 0 Å². The van der Waals surface area contributed by atoms with Crippen molar-refractivity contribution in [3.8, 4) is 0 Å². The third-order valence-corrected chi connectivity index (χ3v) is 3.39. The van der Waals surface area contributed by atoms with Crippen molar-refractivity contribution in [2.45, 2.75) is 6.92 Å². The van der Waals surface area contributed by atoms with Crippen molar-refractivity contribution in [3.05, 3.63) is 60.2 Å². The molecule has 0 bridgehead atoms. The summed E-state index contributed by atoms with van der Waals surface area (Å²) in [7, 11) is 0. The zero-order chi connectivity index (χ0) is 14.1. The van der Waals surface area contributed by atoms with Crippen LogP contribution in [0.2, 0.25) is 0 Å². The smallest absolute Gasteiger partial charge is 0.128 e. The molecule has 3 nitrogen and oxygen atoms in total. The molecule has 1 heterocycles. The lowest BCUT2D eigenvalue weighted by Gasteiger charge is -2.13. The number of aromatic nitrogens is 1. The maximum Gasteiger partial charge on any atom is 0.128 e. The van der Waals surface area contributed by atoms with Crippen LogP contribution in [0.1, 0.15) is 5.56 Å². The van der Waals surface area contributed by atoms with Crippen LogP contribution in [0.4, 0.5) is 21.5 Å². The van der Waals surface area contributed by atoms with Gasteiger partial charge in [0.1, 0.15) is 5.82 Å². The Balaban J connectivity index is 2.12. The summed E-state index contributed by atoms with van der Waals surface area (Å²) in [6.45, 7) is 1.75. The molecule has 0 spiro atoms. The number of halogens is 1. The van der Waals surface area contributed by atoms with E-state index < -0.39 is 0 Å². The Hall–Kier alpha value is -2.62. The molecule has 0 saturated carbocycles. The first-order chi connectivity index (χ1) is 9.66. The minimum absolute atomic E-state index is 0.226. The molecule has 0 aliphatic heterocycles. The normalized spacial score (nSPS) is 10.7. The van der Waals surface area contributed by atoms with Gasteiger partial charge in [-0.2, -0.15) is 0 Å². The number of hydrogen-bond acceptors (Lipinski definition) is 3. The highest BCUT2D eigenvalue weighted by atomic mass is 19.1. The number of nitrogens with two attached hydrogens (primary N) is 1. The van der Waals surface area contributed by atoms with Gasteiger partial charge >= 0.3 is 0 Å². The first-order valence-electron chi connectivity index (χ1n) is 6.31. The number of nitrogen functional groups attached to an aromatic ring is 1. The molecule has 3 rings (SSSR count). The summed E-state index contributed by atoms with van der Waals surface area (Å²) in [5.41, 5.74) is 8.83. The number of anilines is 3. The summed E-state index contributed by atoms with van der Waals surface area (Å²) in [6.07, 6.45) is 3.44. The molecule has 0 saturated heterocycles. The number of hydrogen-bond donors (Lipinski definition) is 2. The van der Waals surface area contributed by atoms with Gasteiger partial charge in [-0.3, -0.25) is 4.98 Å². The molecule has 4 heteroatoms. The van der Waals surface area contributed by atoms with E-state index in [0.717, 1.165) is 22.1 Å². The Bertz CT molecular complexity index is 784. The Morgan fingerprint density at radius 1 is 1.05 bits per heavy atom. The highest BCUT2D eigenvalue weighted by Crippen LogP contribution is 2.31. The minimum Gasteiger partial charge on any atom is -0.398 e. The summed E-state index contributed by atoms with van der Waals surface area (Å²) in [5, 5.41) is 5.10. The maximum atomic E-state index is 13.6. The topological polar surface area (TPSA) is 50.9 Å². The SMILES string of the molecule is Cc1c(F)cccc1Nc1ccc(N)c2cnccc12. The van der Waals surface area contributed by atoms with Gasteiger partial charge in [-0.25, -0.2) is 4.39 Å². The third-order valence-electron chi connectivity index (χ3n) is 3.39. The molecule has 0 aliphatic rings. The molecular weight excluding hydrogens is 253 g/mol. The molecule has 0 aliphatic carbocycles. The van der Waals surface area contributed by atoms with Crippen LogP contribution in [0.15, 0.2) is 48.8 Å². The Morgan fingerprint density at radius 3 is 2.75 bits per heavy atom. The number of fused-ring (bicyclic) bond motifs is 1. The third kappa shape index (κ3) is 2.05. The summed E-state index contributed by atoms with van der Waals surface area (Å²) >= 11 is 0. The zero-order valence-electron chi connectivity index (χ0n) is 11.0. The number of pyridine rings is 1. The van der Waals surface area contributed by atoms with Crippen LogP contribution in [0.25, 0.3) is 10.8 Å². The summed E-state index contributed by atoms with van der Waals surface area (Å²) in [4.78, 5) is 4.09. The summed E-state index contributed by atoms with van der Waals surface area (Å²) in [6, 6.07) is 10.6. The lowest BCUT2D eigenvalue weighted by Crippen LogP contribution is -1.97. The van der Waals surface area contributed by atoms with Crippen molar-refractivity contribution in [2.75, 3.05) is 11.1 Å². The van der Waals surface area contributed by atoms with E-state index in [1.165, 1.54) is 6.07 Å². The Labute approximate surface area is 116 Å². The molecule has 0 unspecified atom stereocenters. The first-order valence-corrected chi connectivity index (χ1v) is 6.31. The van der Waals surface area contributed by atoms with Crippen molar-refractivity contribution in [3.63, 3.8) is 0 Å². The van der Waals surface area contributed by atoms with Crippen molar-refractivity contribution >= 4 is 27.8 Å². The van der Waals surface area contributed by atoms with Gasteiger partial charge in [-0.1, -0.05) is 6.07 Å². The van der Waals surface area contributed by atoms with E-state index in [9.17, 15) is 4.39 Å². The molecule has 0 amide bonds. The number of nitrogens with zero attached hydrogens (tertiary/aromatic N) is 1. The monoisotopic (exact) mass is 267 g/mol. The van der Waals surface area contributed by atoms with Crippen molar-refractivity contribution in [2.24, 2.45) is 0 Å². The number of rotatable bonds is 2. The van der Waals surface area contributed by atoms with E-state index >= 15 is 0 Å². The molecule has 3 N–H and O–H groups in total. The molecule has 20 heavy (non-hydrogen) atoms. The largest absolute Gasteiger partial charge is 0.398 e. The standard InChI is InChI=1S/C16H14FN3/c1-10-13(17)3-2-4-15(10)20-16-6-5-14(18)12-9-19-8-7-11(12)16/h2-9,20H,18H2,1H3. The molecule has 0 atom stereocenters. The molecule has 1 aromatic heterocycles. The average Bonchev–Trinajstić information content (AvgIpc) is 2.47. The molecule has 3 aromatic rings. The quantitative estimate of drug-likeness (QED) is 0.690. The van der Waals surface area contributed by atoms with Gasteiger partial charge in [0.15, 0.2) is 0 Å². The predicted molar refractivity (Wildman–Crippen MR) is 80.6 cm³/mol. The van der Waals surface area contributed by atoms with E-state index in [1.807, 2.05) is 24.3 Å². The Morgan fingerprint density at radius 2 is 1.90 bits per heavy atom. The number of benzene rings is 2. The summed E-state index contributed by atoms with van der Waals surface area (Å²) in [5.74, 6) is -0.226. The lowest BCUT2D eigenvalue weighted by atomic mass is 10.1. The lowest BCUT2D eigenvalue weighted by molar-refractivity contribution is 0.619. The van der Waals surface area contributed by atoms with Crippen LogP contribution in [0.3, 0.4) is 0 Å². The van der Waals surface area contributed by atoms with Crippen LogP contribution < -0.4 is 11.1 Å². The molecule has 2 aromatic carbocycles. The van der Waals surface area contributed by atoms with Crippen LogP contribution in [-0.2, 0) is 0 Å². The second-order valence-corrected chi connectivity index (χ2v) is 4.66. The van der Waals surface area contributed by atoms with Crippen LogP contribution >= 0.6 is 0 Å². The van der Waals surface area contributed by atoms with Gasteiger partial charge < -0.3 is 11.1 Å². The fraction of sp³-hybridized carbons (Fsp3) is 0.0625. The minimum atomic E-state index is -0.226. The molecular formula is C16H14FN3.